The summed E-state index contributed by atoms with van der Waals surface area (Å²) in [6.07, 6.45) is 2.48. The van der Waals surface area contributed by atoms with Crippen LogP contribution in [-0.4, -0.2) is 29.6 Å². The van der Waals surface area contributed by atoms with Gasteiger partial charge in [0.25, 0.3) is 0 Å². The number of hydrogen-bond donors (Lipinski definition) is 1. The molecule has 19 heavy (non-hydrogen) atoms. The van der Waals surface area contributed by atoms with Crippen LogP contribution >= 0.6 is 11.3 Å². The summed E-state index contributed by atoms with van der Waals surface area (Å²) in [6, 6.07) is 2.95. The Morgan fingerprint density at radius 3 is 2.89 bits per heavy atom. The van der Waals surface area contributed by atoms with Crippen LogP contribution in [0, 0.1) is 5.92 Å². The van der Waals surface area contributed by atoms with Crippen molar-refractivity contribution in [3.63, 3.8) is 0 Å². The van der Waals surface area contributed by atoms with Crippen molar-refractivity contribution < 1.29 is 0 Å². The maximum absolute atomic E-state index is 3.77. The first-order chi connectivity index (χ1) is 9.02. The molecular weight excluding hydrogens is 252 g/mol. The van der Waals surface area contributed by atoms with Gasteiger partial charge in [-0.3, -0.25) is 4.90 Å². The molecule has 2 unspecified atom stereocenters. The molecular formula is C16H28N2S. The van der Waals surface area contributed by atoms with E-state index in [4.69, 9.17) is 0 Å². The zero-order valence-electron chi connectivity index (χ0n) is 12.8. The average molecular weight is 280 g/mol. The largest absolute Gasteiger partial charge is 0.309 e. The van der Waals surface area contributed by atoms with Crippen LogP contribution in [-0.2, 0) is 6.54 Å². The Morgan fingerprint density at radius 1 is 1.53 bits per heavy atom. The van der Waals surface area contributed by atoms with Crippen LogP contribution in [0.3, 0.4) is 0 Å². The zero-order chi connectivity index (χ0) is 13.9. The fourth-order valence-corrected chi connectivity index (χ4v) is 3.60. The van der Waals surface area contributed by atoms with E-state index < -0.39 is 0 Å². The SMILES string of the molecule is CCC1(C)CN(Cc2ccsc2)C(CC(C)C)CN1. The van der Waals surface area contributed by atoms with Gasteiger partial charge in [-0.1, -0.05) is 20.8 Å². The lowest BCUT2D eigenvalue weighted by molar-refractivity contribution is 0.0665. The normalized spacial score (nSPS) is 29.0. The van der Waals surface area contributed by atoms with Gasteiger partial charge in [0.1, 0.15) is 0 Å². The predicted molar refractivity (Wildman–Crippen MR) is 84.7 cm³/mol. The van der Waals surface area contributed by atoms with Crippen LogP contribution < -0.4 is 5.32 Å². The standard InChI is InChI=1S/C16H28N2S/c1-5-16(4)12-18(10-14-6-7-19-11-14)15(9-17-16)8-13(2)3/h6-7,11,13,15,17H,5,8-10,12H2,1-4H3. The van der Waals surface area contributed by atoms with Gasteiger partial charge in [-0.15, -0.1) is 0 Å². The number of rotatable bonds is 5. The molecule has 2 heterocycles. The Balaban J connectivity index is 2.06. The molecule has 2 nitrogen and oxygen atoms in total. The third-order valence-corrected chi connectivity index (χ3v) is 5.05. The Morgan fingerprint density at radius 2 is 2.32 bits per heavy atom. The number of thiophene rings is 1. The smallest absolute Gasteiger partial charge is 0.0278 e. The molecule has 3 heteroatoms. The van der Waals surface area contributed by atoms with Gasteiger partial charge in [-0.05, 0) is 48.1 Å². The summed E-state index contributed by atoms with van der Waals surface area (Å²) in [6.45, 7) is 12.7. The summed E-state index contributed by atoms with van der Waals surface area (Å²) in [5.74, 6) is 0.766. The maximum atomic E-state index is 3.77. The zero-order valence-corrected chi connectivity index (χ0v) is 13.6. The van der Waals surface area contributed by atoms with Crippen molar-refractivity contribution in [3.05, 3.63) is 22.4 Å². The molecule has 1 fully saturated rings. The summed E-state index contributed by atoms with van der Waals surface area (Å²) < 4.78 is 0. The Kier molecular flexibility index (Phi) is 5.04. The second-order valence-electron chi connectivity index (χ2n) is 6.62. The maximum Gasteiger partial charge on any atom is 0.0278 e. The molecule has 108 valence electrons. The first kappa shape index (κ1) is 15.0. The van der Waals surface area contributed by atoms with Crippen LogP contribution in [0.1, 0.15) is 46.1 Å². The van der Waals surface area contributed by atoms with Crippen molar-refractivity contribution in [1.82, 2.24) is 10.2 Å². The topological polar surface area (TPSA) is 15.3 Å². The minimum Gasteiger partial charge on any atom is -0.309 e. The van der Waals surface area contributed by atoms with Gasteiger partial charge >= 0.3 is 0 Å². The molecule has 0 radical (unpaired) electrons. The Hall–Kier alpha value is -0.380. The highest BCUT2D eigenvalue weighted by atomic mass is 32.1. The molecule has 1 N–H and O–H groups in total. The third-order valence-electron chi connectivity index (χ3n) is 4.32. The number of nitrogens with one attached hydrogen (secondary N) is 1. The van der Waals surface area contributed by atoms with Crippen LogP contribution in [0.5, 0.6) is 0 Å². The van der Waals surface area contributed by atoms with Gasteiger partial charge < -0.3 is 5.32 Å². The van der Waals surface area contributed by atoms with Crippen LogP contribution in [0.4, 0.5) is 0 Å². The quantitative estimate of drug-likeness (QED) is 0.884. The molecule has 1 aliphatic heterocycles. The number of piperazine rings is 1. The number of nitrogens with zero attached hydrogens (tertiary/aromatic N) is 1. The molecule has 1 aromatic rings. The molecule has 0 aliphatic carbocycles. The first-order valence-corrected chi connectivity index (χ1v) is 8.47. The Labute approximate surface area is 122 Å². The average Bonchev–Trinajstić information content (AvgIpc) is 2.85. The van der Waals surface area contributed by atoms with Gasteiger partial charge in [0.05, 0.1) is 0 Å². The van der Waals surface area contributed by atoms with E-state index in [1.807, 2.05) is 0 Å². The molecule has 0 amide bonds. The second kappa shape index (κ2) is 6.38. The summed E-state index contributed by atoms with van der Waals surface area (Å²) in [7, 11) is 0. The Bertz CT molecular complexity index is 374. The first-order valence-electron chi connectivity index (χ1n) is 7.52. The van der Waals surface area contributed by atoms with Crippen molar-refractivity contribution >= 4 is 11.3 Å². The molecule has 1 aromatic heterocycles. The highest BCUT2D eigenvalue weighted by molar-refractivity contribution is 7.07. The summed E-state index contributed by atoms with van der Waals surface area (Å²) in [5, 5.41) is 8.25. The fourth-order valence-electron chi connectivity index (χ4n) is 2.94. The lowest BCUT2D eigenvalue weighted by atomic mass is 9.90. The predicted octanol–water partition coefficient (Wildman–Crippen LogP) is 3.74. The van der Waals surface area contributed by atoms with Gasteiger partial charge in [0.15, 0.2) is 0 Å². The van der Waals surface area contributed by atoms with Crippen LogP contribution in [0.15, 0.2) is 16.8 Å². The van der Waals surface area contributed by atoms with E-state index in [9.17, 15) is 0 Å². The van der Waals surface area contributed by atoms with E-state index in [2.05, 4.69) is 54.7 Å². The highest BCUT2D eigenvalue weighted by Gasteiger charge is 2.34. The van der Waals surface area contributed by atoms with E-state index in [1.54, 1.807) is 11.3 Å². The molecule has 2 atom stereocenters. The van der Waals surface area contributed by atoms with Crippen molar-refractivity contribution in [2.24, 2.45) is 5.92 Å². The van der Waals surface area contributed by atoms with Crippen molar-refractivity contribution in [3.8, 4) is 0 Å². The minimum absolute atomic E-state index is 0.281. The monoisotopic (exact) mass is 280 g/mol. The molecule has 0 aromatic carbocycles. The molecule has 1 aliphatic rings. The second-order valence-corrected chi connectivity index (χ2v) is 7.40. The van der Waals surface area contributed by atoms with Crippen LogP contribution in [0.25, 0.3) is 0 Å². The molecule has 0 bridgehead atoms. The van der Waals surface area contributed by atoms with E-state index in [-0.39, 0.29) is 5.54 Å². The van der Waals surface area contributed by atoms with Crippen molar-refractivity contribution in [2.75, 3.05) is 13.1 Å². The summed E-state index contributed by atoms with van der Waals surface area (Å²) >= 11 is 1.81. The van der Waals surface area contributed by atoms with E-state index in [0.29, 0.717) is 6.04 Å². The van der Waals surface area contributed by atoms with Gasteiger partial charge in [-0.25, -0.2) is 0 Å². The molecule has 0 spiro atoms. The minimum atomic E-state index is 0.281. The molecule has 1 saturated heterocycles. The van der Waals surface area contributed by atoms with Gasteiger partial charge in [-0.2, -0.15) is 11.3 Å². The van der Waals surface area contributed by atoms with E-state index in [1.165, 1.54) is 18.4 Å². The van der Waals surface area contributed by atoms with Gasteiger partial charge in [0.2, 0.25) is 0 Å². The van der Waals surface area contributed by atoms with Crippen molar-refractivity contribution in [1.29, 1.82) is 0 Å². The molecule has 2 rings (SSSR count). The van der Waals surface area contributed by atoms with Crippen LogP contribution in [0.2, 0.25) is 0 Å². The highest BCUT2D eigenvalue weighted by Crippen LogP contribution is 2.24. The van der Waals surface area contributed by atoms with Crippen molar-refractivity contribution in [2.45, 2.75) is 58.7 Å². The molecule has 0 saturated carbocycles. The third kappa shape index (κ3) is 4.04. The summed E-state index contributed by atoms with van der Waals surface area (Å²) in [5.41, 5.74) is 1.75. The summed E-state index contributed by atoms with van der Waals surface area (Å²) in [4.78, 5) is 2.70. The van der Waals surface area contributed by atoms with E-state index >= 15 is 0 Å². The van der Waals surface area contributed by atoms with Gasteiger partial charge in [0, 0.05) is 31.2 Å². The lowest BCUT2D eigenvalue weighted by Crippen LogP contribution is -2.62. The lowest BCUT2D eigenvalue weighted by Gasteiger charge is -2.46. The number of hydrogen-bond acceptors (Lipinski definition) is 3. The van der Waals surface area contributed by atoms with E-state index in [0.717, 1.165) is 25.6 Å². The fraction of sp³-hybridized carbons (Fsp3) is 0.750.